The summed E-state index contributed by atoms with van der Waals surface area (Å²) in [6.07, 6.45) is -0.940. The third-order valence-electron chi connectivity index (χ3n) is 6.52. The van der Waals surface area contributed by atoms with Crippen molar-refractivity contribution in [2.75, 3.05) is 24.2 Å². The summed E-state index contributed by atoms with van der Waals surface area (Å²) in [6, 6.07) is 20.0. The van der Waals surface area contributed by atoms with Crippen LogP contribution in [0.15, 0.2) is 66.7 Å². The molecule has 3 aromatic rings. The van der Waals surface area contributed by atoms with Gasteiger partial charge in [-0.05, 0) is 49.7 Å². The fourth-order valence-corrected chi connectivity index (χ4v) is 4.76. The molecule has 2 saturated heterocycles. The van der Waals surface area contributed by atoms with Crippen LogP contribution in [-0.4, -0.2) is 32.1 Å². The van der Waals surface area contributed by atoms with Crippen LogP contribution in [0.25, 0.3) is 0 Å². The number of nitrogens with zero attached hydrogens (tertiary/aromatic N) is 2. The molecule has 5 rings (SSSR count). The number of benzene rings is 3. The largest absolute Gasteiger partial charge is 0.497 e. The van der Waals surface area contributed by atoms with E-state index in [2.05, 4.69) is 0 Å². The Morgan fingerprint density at radius 2 is 1.59 bits per heavy atom. The molecule has 0 aromatic heterocycles. The van der Waals surface area contributed by atoms with Crippen LogP contribution in [0.5, 0.6) is 11.5 Å². The number of methoxy groups -OCH3 is 2. The molecule has 7 heteroatoms. The van der Waals surface area contributed by atoms with E-state index in [9.17, 15) is 9.59 Å². The van der Waals surface area contributed by atoms with Crippen molar-refractivity contribution in [1.29, 1.82) is 0 Å². The van der Waals surface area contributed by atoms with Crippen LogP contribution in [0.1, 0.15) is 22.7 Å². The molecule has 0 N–H and O–H groups in total. The van der Waals surface area contributed by atoms with Crippen LogP contribution in [0.2, 0.25) is 0 Å². The second-order valence-corrected chi connectivity index (χ2v) is 8.56. The summed E-state index contributed by atoms with van der Waals surface area (Å²) < 4.78 is 11.0. The average Bonchev–Trinajstić information content (AvgIpc) is 3.35. The predicted molar refractivity (Wildman–Crippen MR) is 128 cm³/mol. The van der Waals surface area contributed by atoms with Gasteiger partial charge in [0.1, 0.15) is 17.4 Å². The van der Waals surface area contributed by atoms with Crippen LogP contribution in [-0.2, 0) is 14.4 Å². The second-order valence-electron chi connectivity index (χ2n) is 8.56. The quantitative estimate of drug-likeness (QED) is 0.529. The van der Waals surface area contributed by atoms with Crippen LogP contribution < -0.4 is 19.4 Å². The van der Waals surface area contributed by atoms with E-state index in [4.69, 9.17) is 14.3 Å². The number of aryl methyl sites for hydroxylation is 2. The third kappa shape index (κ3) is 3.40. The fraction of sp³-hybridized carbons (Fsp3) is 0.259. The maximum atomic E-state index is 13.8. The van der Waals surface area contributed by atoms with Gasteiger partial charge in [-0.1, -0.05) is 35.9 Å². The van der Waals surface area contributed by atoms with Gasteiger partial charge in [0.2, 0.25) is 5.91 Å². The first-order chi connectivity index (χ1) is 16.4. The molecule has 0 unspecified atom stereocenters. The molecule has 0 radical (unpaired) electrons. The summed E-state index contributed by atoms with van der Waals surface area (Å²) in [5, 5.41) is 1.69. The number of ether oxygens (including phenoxy) is 2. The lowest BCUT2D eigenvalue weighted by molar-refractivity contribution is -0.126. The van der Waals surface area contributed by atoms with Crippen molar-refractivity contribution in [3.05, 3.63) is 83.4 Å². The Balaban J connectivity index is 1.64. The normalized spacial score (nSPS) is 21.7. The monoisotopic (exact) mass is 458 g/mol. The zero-order valence-corrected chi connectivity index (χ0v) is 19.5. The molecule has 0 spiro atoms. The smallest absolute Gasteiger partial charge is 0.266 e. The Kier molecular flexibility index (Phi) is 5.49. The van der Waals surface area contributed by atoms with E-state index in [-0.39, 0.29) is 11.8 Å². The summed E-state index contributed by atoms with van der Waals surface area (Å²) in [7, 11) is 3.16. The van der Waals surface area contributed by atoms with Gasteiger partial charge in [-0.15, -0.1) is 0 Å². The van der Waals surface area contributed by atoms with Gasteiger partial charge in [0.05, 0.1) is 31.6 Å². The highest BCUT2D eigenvalue weighted by atomic mass is 16.7. The summed E-state index contributed by atoms with van der Waals surface area (Å²) >= 11 is 0. The van der Waals surface area contributed by atoms with Crippen molar-refractivity contribution in [3.8, 4) is 11.5 Å². The Labute approximate surface area is 198 Å². The number of rotatable bonds is 5. The first-order valence-electron chi connectivity index (χ1n) is 11.1. The van der Waals surface area contributed by atoms with Gasteiger partial charge in [-0.2, -0.15) is 0 Å². The molecule has 3 atom stereocenters. The molecule has 3 aromatic carbocycles. The average molecular weight is 459 g/mol. The summed E-state index contributed by atoms with van der Waals surface area (Å²) in [4.78, 5) is 34.8. The lowest BCUT2D eigenvalue weighted by Gasteiger charge is -2.30. The molecule has 2 amide bonds. The minimum atomic E-state index is -0.940. The molecule has 2 aliphatic rings. The van der Waals surface area contributed by atoms with Crippen molar-refractivity contribution in [1.82, 2.24) is 0 Å². The van der Waals surface area contributed by atoms with Crippen molar-refractivity contribution in [2.45, 2.75) is 26.0 Å². The zero-order valence-electron chi connectivity index (χ0n) is 19.5. The van der Waals surface area contributed by atoms with Gasteiger partial charge in [-0.25, -0.2) is 9.96 Å². The molecule has 0 saturated carbocycles. The first-order valence-corrected chi connectivity index (χ1v) is 11.1. The topological polar surface area (TPSA) is 68.3 Å². The molecule has 174 valence electrons. The SMILES string of the molecule is COc1ccc([C@@H]2[C@H]3C(=O)N(c4ccc(C)cc4)C(=O)[C@@H]3ON2c2ccccc2C)c(OC)c1. The van der Waals surface area contributed by atoms with Crippen molar-refractivity contribution in [2.24, 2.45) is 5.92 Å². The van der Waals surface area contributed by atoms with Gasteiger partial charge in [0.25, 0.3) is 5.91 Å². The number of amides is 2. The molecule has 0 aliphatic carbocycles. The Hall–Kier alpha value is -3.84. The van der Waals surface area contributed by atoms with Crippen LogP contribution in [0, 0.1) is 19.8 Å². The van der Waals surface area contributed by atoms with Crippen molar-refractivity contribution < 1.29 is 23.9 Å². The van der Waals surface area contributed by atoms with E-state index in [0.29, 0.717) is 17.2 Å². The first kappa shape index (κ1) is 22.0. The van der Waals surface area contributed by atoms with Gasteiger partial charge in [-0.3, -0.25) is 14.4 Å². The third-order valence-corrected chi connectivity index (χ3v) is 6.52. The predicted octanol–water partition coefficient (Wildman–Crippen LogP) is 4.37. The molecule has 2 heterocycles. The standard InChI is InChI=1S/C27H26N2O5/c1-16-9-11-18(12-10-16)28-26(30)23-24(20-14-13-19(32-3)15-22(20)33-4)29(34-25(23)27(28)31)21-8-6-5-7-17(21)2/h5-15,23-25H,1-4H3/t23-,24-,25-/m1/s1. The van der Waals surface area contributed by atoms with Crippen molar-refractivity contribution >= 4 is 23.2 Å². The van der Waals surface area contributed by atoms with Gasteiger partial charge >= 0.3 is 0 Å². The highest BCUT2D eigenvalue weighted by Gasteiger charge is 2.60. The molecule has 2 fully saturated rings. The number of para-hydroxylation sites is 1. The maximum absolute atomic E-state index is 13.8. The van der Waals surface area contributed by atoms with Crippen molar-refractivity contribution in [3.63, 3.8) is 0 Å². The van der Waals surface area contributed by atoms with E-state index in [1.165, 1.54) is 4.90 Å². The second kappa shape index (κ2) is 8.50. The van der Waals surface area contributed by atoms with Crippen LogP contribution in [0.3, 0.4) is 0 Å². The van der Waals surface area contributed by atoms with Gasteiger partial charge in [0, 0.05) is 11.6 Å². The number of carbonyl (C=O) groups is 2. The number of hydrogen-bond acceptors (Lipinski definition) is 6. The molecular formula is C27H26N2O5. The Morgan fingerprint density at radius 1 is 0.853 bits per heavy atom. The molecule has 7 nitrogen and oxygen atoms in total. The molecule has 0 bridgehead atoms. The lowest BCUT2D eigenvalue weighted by atomic mass is 9.89. The minimum Gasteiger partial charge on any atom is -0.497 e. The number of imide groups is 1. The van der Waals surface area contributed by atoms with Gasteiger partial charge in [0.15, 0.2) is 6.10 Å². The Bertz CT molecular complexity index is 1260. The summed E-state index contributed by atoms with van der Waals surface area (Å²) in [6.45, 7) is 3.93. The van der Waals surface area contributed by atoms with E-state index in [1.54, 1.807) is 37.5 Å². The highest BCUT2D eigenvalue weighted by molar-refractivity contribution is 6.24. The number of hydrogen-bond donors (Lipinski definition) is 0. The maximum Gasteiger partial charge on any atom is 0.266 e. The van der Waals surface area contributed by atoms with E-state index in [1.807, 2.05) is 62.4 Å². The van der Waals surface area contributed by atoms with E-state index < -0.39 is 18.1 Å². The summed E-state index contributed by atoms with van der Waals surface area (Å²) in [5.74, 6) is -0.212. The number of fused-ring (bicyclic) bond motifs is 1. The fourth-order valence-electron chi connectivity index (χ4n) is 4.76. The Morgan fingerprint density at radius 3 is 2.26 bits per heavy atom. The van der Waals surface area contributed by atoms with E-state index in [0.717, 1.165) is 22.4 Å². The minimum absolute atomic E-state index is 0.294. The van der Waals surface area contributed by atoms with Crippen LogP contribution in [0.4, 0.5) is 11.4 Å². The van der Waals surface area contributed by atoms with Gasteiger partial charge < -0.3 is 9.47 Å². The highest BCUT2D eigenvalue weighted by Crippen LogP contribution is 2.50. The lowest BCUT2D eigenvalue weighted by Crippen LogP contribution is -2.37. The zero-order chi connectivity index (χ0) is 24.0. The van der Waals surface area contributed by atoms with Crippen LogP contribution >= 0.6 is 0 Å². The molecular weight excluding hydrogens is 432 g/mol. The summed E-state index contributed by atoms with van der Waals surface area (Å²) in [5.41, 5.74) is 4.09. The number of carbonyl (C=O) groups excluding carboxylic acids is 2. The molecule has 2 aliphatic heterocycles. The number of anilines is 2. The molecule has 34 heavy (non-hydrogen) atoms. The number of hydroxylamine groups is 1. The van der Waals surface area contributed by atoms with E-state index >= 15 is 0 Å².